The standard InChI is InChI=1S/C23H29N3O2/c1-17(26(2)23(28)24-16-18-9-6-7-10-18)20-13-8-14-21(15-20)25-22(27)19-11-4-3-5-12-19/h3-5,8,11-15,17-18H,6-7,9-10,16H2,1-2H3,(H,24,28)(H,25,27)/t17-/m0/s1. The van der Waals surface area contributed by atoms with Crippen molar-refractivity contribution in [3.63, 3.8) is 0 Å². The predicted octanol–water partition coefficient (Wildman–Crippen LogP) is 4.83. The molecular formula is C23H29N3O2. The van der Waals surface area contributed by atoms with Crippen molar-refractivity contribution in [2.24, 2.45) is 5.92 Å². The van der Waals surface area contributed by atoms with E-state index in [0.29, 0.717) is 11.5 Å². The fourth-order valence-corrected chi connectivity index (χ4v) is 3.64. The van der Waals surface area contributed by atoms with Crippen LogP contribution >= 0.6 is 0 Å². The second-order valence-corrected chi connectivity index (χ2v) is 7.57. The van der Waals surface area contributed by atoms with Gasteiger partial charge < -0.3 is 15.5 Å². The largest absolute Gasteiger partial charge is 0.338 e. The molecule has 5 nitrogen and oxygen atoms in total. The monoisotopic (exact) mass is 379 g/mol. The second-order valence-electron chi connectivity index (χ2n) is 7.57. The van der Waals surface area contributed by atoms with Crippen molar-refractivity contribution in [1.82, 2.24) is 10.2 Å². The average Bonchev–Trinajstić information content (AvgIpc) is 3.25. The number of benzene rings is 2. The molecule has 3 rings (SSSR count). The number of carbonyl (C=O) groups excluding carboxylic acids is 2. The number of amides is 3. The normalized spacial score (nSPS) is 15.1. The van der Waals surface area contributed by atoms with Gasteiger partial charge in [-0.1, -0.05) is 43.2 Å². The number of urea groups is 1. The molecule has 0 saturated heterocycles. The zero-order valence-electron chi connectivity index (χ0n) is 16.7. The molecular weight excluding hydrogens is 350 g/mol. The first-order valence-electron chi connectivity index (χ1n) is 10.0. The van der Waals surface area contributed by atoms with Crippen LogP contribution in [0.1, 0.15) is 54.6 Å². The third kappa shape index (κ3) is 5.12. The first-order chi connectivity index (χ1) is 13.5. The van der Waals surface area contributed by atoms with E-state index in [1.165, 1.54) is 25.7 Å². The topological polar surface area (TPSA) is 61.4 Å². The van der Waals surface area contributed by atoms with E-state index in [-0.39, 0.29) is 18.0 Å². The minimum absolute atomic E-state index is 0.0573. The Kier molecular flexibility index (Phi) is 6.69. The van der Waals surface area contributed by atoms with E-state index >= 15 is 0 Å². The summed E-state index contributed by atoms with van der Waals surface area (Å²) in [5.41, 5.74) is 2.31. The molecule has 0 bridgehead atoms. The van der Waals surface area contributed by atoms with Crippen molar-refractivity contribution in [2.45, 2.75) is 38.6 Å². The Hall–Kier alpha value is -2.82. The van der Waals surface area contributed by atoms with Crippen LogP contribution in [0.3, 0.4) is 0 Å². The Bertz CT molecular complexity index is 801. The van der Waals surface area contributed by atoms with Gasteiger partial charge in [-0.3, -0.25) is 4.79 Å². The van der Waals surface area contributed by atoms with Gasteiger partial charge in [-0.05, 0) is 55.5 Å². The van der Waals surface area contributed by atoms with Crippen LogP contribution in [0.5, 0.6) is 0 Å². The highest BCUT2D eigenvalue weighted by molar-refractivity contribution is 6.04. The molecule has 0 unspecified atom stereocenters. The van der Waals surface area contributed by atoms with Gasteiger partial charge >= 0.3 is 6.03 Å². The molecule has 2 aromatic rings. The molecule has 3 amide bonds. The van der Waals surface area contributed by atoms with Crippen molar-refractivity contribution >= 4 is 17.6 Å². The highest BCUT2D eigenvalue weighted by Gasteiger charge is 2.20. The van der Waals surface area contributed by atoms with E-state index in [0.717, 1.165) is 17.8 Å². The first kappa shape index (κ1) is 19.9. The lowest BCUT2D eigenvalue weighted by Gasteiger charge is -2.26. The summed E-state index contributed by atoms with van der Waals surface area (Å²) in [6, 6.07) is 16.6. The lowest BCUT2D eigenvalue weighted by molar-refractivity contribution is 0.102. The van der Waals surface area contributed by atoms with Crippen molar-refractivity contribution in [3.05, 3.63) is 65.7 Å². The molecule has 0 aliphatic heterocycles. The van der Waals surface area contributed by atoms with E-state index in [4.69, 9.17) is 0 Å². The Morgan fingerprint density at radius 1 is 1.07 bits per heavy atom. The number of nitrogens with zero attached hydrogens (tertiary/aromatic N) is 1. The maximum Gasteiger partial charge on any atom is 0.317 e. The van der Waals surface area contributed by atoms with Gasteiger partial charge in [0, 0.05) is 24.8 Å². The molecule has 2 aromatic carbocycles. The molecule has 0 aromatic heterocycles. The highest BCUT2D eigenvalue weighted by Crippen LogP contribution is 2.25. The van der Waals surface area contributed by atoms with Gasteiger partial charge in [-0.25, -0.2) is 4.79 Å². The molecule has 148 valence electrons. The van der Waals surface area contributed by atoms with Gasteiger partial charge in [0.05, 0.1) is 6.04 Å². The fourth-order valence-electron chi connectivity index (χ4n) is 3.64. The van der Waals surface area contributed by atoms with Crippen LogP contribution in [0.2, 0.25) is 0 Å². The molecule has 28 heavy (non-hydrogen) atoms. The van der Waals surface area contributed by atoms with Crippen molar-refractivity contribution in [3.8, 4) is 0 Å². The van der Waals surface area contributed by atoms with Gasteiger partial charge in [0.2, 0.25) is 0 Å². The maximum absolute atomic E-state index is 12.5. The summed E-state index contributed by atoms with van der Waals surface area (Å²) in [5.74, 6) is 0.470. The lowest BCUT2D eigenvalue weighted by atomic mass is 10.1. The van der Waals surface area contributed by atoms with Crippen LogP contribution < -0.4 is 10.6 Å². The zero-order valence-corrected chi connectivity index (χ0v) is 16.7. The summed E-state index contributed by atoms with van der Waals surface area (Å²) in [7, 11) is 1.81. The van der Waals surface area contributed by atoms with Crippen molar-refractivity contribution in [1.29, 1.82) is 0 Å². The highest BCUT2D eigenvalue weighted by atomic mass is 16.2. The molecule has 0 heterocycles. The van der Waals surface area contributed by atoms with E-state index in [2.05, 4.69) is 10.6 Å². The maximum atomic E-state index is 12.5. The van der Waals surface area contributed by atoms with Crippen LogP contribution in [0.4, 0.5) is 10.5 Å². The van der Waals surface area contributed by atoms with E-state index < -0.39 is 0 Å². The molecule has 0 spiro atoms. The molecule has 1 aliphatic carbocycles. The fraction of sp³-hybridized carbons (Fsp3) is 0.391. The number of anilines is 1. The van der Waals surface area contributed by atoms with Crippen LogP contribution in [0.25, 0.3) is 0 Å². The molecule has 2 N–H and O–H groups in total. The van der Waals surface area contributed by atoms with Crippen LogP contribution in [0.15, 0.2) is 54.6 Å². The molecule has 1 saturated carbocycles. The number of carbonyl (C=O) groups is 2. The summed E-state index contributed by atoms with van der Waals surface area (Å²) in [4.78, 5) is 26.6. The molecule has 1 aliphatic rings. The number of hydrogen-bond donors (Lipinski definition) is 2. The quantitative estimate of drug-likeness (QED) is 0.755. The average molecular weight is 380 g/mol. The SMILES string of the molecule is C[C@@H](c1cccc(NC(=O)c2ccccc2)c1)N(C)C(=O)NCC1CCCC1. The van der Waals surface area contributed by atoms with Gasteiger partial charge in [-0.15, -0.1) is 0 Å². The van der Waals surface area contributed by atoms with E-state index in [9.17, 15) is 9.59 Å². The first-order valence-corrected chi connectivity index (χ1v) is 10.0. The Balaban J connectivity index is 1.60. The third-order valence-electron chi connectivity index (χ3n) is 5.58. The van der Waals surface area contributed by atoms with E-state index in [1.54, 1.807) is 17.0 Å². The number of hydrogen-bond acceptors (Lipinski definition) is 2. The number of rotatable bonds is 6. The van der Waals surface area contributed by atoms with Gasteiger partial charge in [-0.2, -0.15) is 0 Å². The Morgan fingerprint density at radius 3 is 2.50 bits per heavy atom. The van der Waals surface area contributed by atoms with Crippen LogP contribution in [-0.4, -0.2) is 30.4 Å². The van der Waals surface area contributed by atoms with Crippen LogP contribution in [0, 0.1) is 5.92 Å². The zero-order chi connectivity index (χ0) is 19.9. The number of nitrogens with one attached hydrogen (secondary N) is 2. The third-order valence-corrected chi connectivity index (χ3v) is 5.58. The second kappa shape index (κ2) is 9.40. The van der Waals surface area contributed by atoms with Crippen LogP contribution in [-0.2, 0) is 0 Å². The minimum atomic E-state index is -0.145. The lowest BCUT2D eigenvalue weighted by Crippen LogP contribution is -2.40. The van der Waals surface area contributed by atoms with Crippen molar-refractivity contribution in [2.75, 3.05) is 18.9 Å². The summed E-state index contributed by atoms with van der Waals surface area (Å²) < 4.78 is 0. The molecule has 1 atom stereocenters. The van der Waals surface area contributed by atoms with Crippen molar-refractivity contribution < 1.29 is 9.59 Å². The summed E-state index contributed by atoms with van der Waals surface area (Å²) in [6.45, 7) is 2.75. The van der Waals surface area contributed by atoms with E-state index in [1.807, 2.05) is 56.4 Å². The molecule has 5 heteroatoms. The minimum Gasteiger partial charge on any atom is -0.338 e. The van der Waals surface area contributed by atoms with Gasteiger partial charge in [0.25, 0.3) is 5.91 Å². The predicted molar refractivity (Wildman–Crippen MR) is 112 cm³/mol. The Morgan fingerprint density at radius 2 is 1.79 bits per heavy atom. The Labute approximate surface area is 167 Å². The van der Waals surface area contributed by atoms with Gasteiger partial charge in [0.15, 0.2) is 0 Å². The molecule has 1 fully saturated rings. The summed E-state index contributed by atoms with van der Waals surface area (Å²) in [6.07, 6.45) is 4.97. The molecule has 0 radical (unpaired) electrons. The summed E-state index contributed by atoms with van der Waals surface area (Å²) in [5, 5.41) is 5.99. The smallest absolute Gasteiger partial charge is 0.317 e. The van der Waals surface area contributed by atoms with Gasteiger partial charge in [0.1, 0.15) is 0 Å². The summed E-state index contributed by atoms with van der Waals surface area (Å²) >= 11 is 0.